The topological polar surface area (TPSA) is 30.5 Å². The first-order valence-electron chi connectivity index (χ1n) is 8.71. The van der Waals surface area contributed by atoms with Crippen molar-refractivity contribution < 1.29 is 9.47 Å². The summed E-state index contributed by atoms with van der Waals surface area (Å²) in [6.45, 7) is 3.30. The van der Waals surface area contributed by atoms with E-state index in [1.165, 1.54) is 17.5 Å². The molecule has 0 amide bonds. The summed E-state index contributed by atoms with van der Waals surface area (Å²) in [5.41, 5.74) is 2.64. The fraction of sp³-hybridized carbons (Fsp3) is 0.429. The molecule has 3 heteroatoms. The number of ether oxygens (including phenoxy) is 2. The number of hydrogen-bond donors (Lipinski definition) is 1. The summed E-state index contributed by atoms with van der Waals surface area (Å²) in [7, 11) is 3.39. The molecule has 0 unspecified atom stereocenters. The summed E-state index contributed by atoms with van der Waals surface area (Å²) >= 11 is 0. The van der Waals surface area contributed by atoms with Crippen LogP contribution in [0.1, 0.15) is 30.9 Å². The Morgan fingerprint density at radius 1 is 0.958 bits per heavy atom. The SMILES string of the molecule is COc1ccc(CC[C@@H](C)NCCCc2ccccc2)c(OC)c1. The van der Waals surface area contributed by atoms with Gasteiger partial charge in [0.05, 0.1) is 14.2 Å². The Labute approximate surface area is 146 Å². The summed E-state index contributed by atoms with van der Waals surface area (Å²) in [5, 5.41) is 3.62. The van der Waals surface area contributed by atoms with Gasteiger partial charge in [-0.3, -0.25) is 0 Å². The van der Waals surface area contributed by atoms with E-state index < -0.39 is 0 Å². The average molecular weight is 327 g/mol. The monoisotopic (exact) mass is 327 g/mol. The zero-order valence-electron chi connectivity index (χ0n) is 15.0. The number of methoxy groups -OCH3 is 2. The lowest BCUT2D eigenvalue weighted by Gasteiger charge is -2.15. The Kier molecular flexibility index (Phi) is 7.63. The molecule has 2 aromatic carbocycles. The van der Waals surface area contributed by atoms with Crippen molar-refractivity contribution in [2.75, 3.05) is 20.8 Å². The van der Waals surface area contributed by atoms with Crippen LogP contribution in [-0.2, 0) is 12.8 Å². The normalized spacial score (nSPS) is 12.0. The molecule has 0 aliphatic carbocycles. The Morgan fingerprint density at radius 2 is 1.75 bits per heavy atom. The van der Waals surface area contributed by atoms with Crippen LogP contribution in [0, 0.1) is 0 Å². The van der Waals surface area contributed by atoms with Crippen molar-refractivity contribution >= 4 is 0 Å². The van der Waals surface area contributed by atoms with Gasteiger partial charge in [0.15, 0.2) is 0 Å². The maximum Gasteiger partial charge on any atom is 0.125 e. The number of nitrogens with one attached hydrogen (secondary N) is 1. The Balaban J connectivity index is 1.70. The van der Waals surface area contributed by atoms with Crippen LogP contribution in [0.3, 0.4) is 0 Å². The van der Waals surface area contributed by atoms with Gasteiger partial charge in [0, 0.05) is 12.1 Å². The van der Waals surface area contributed by atoms with E-state index in [0.717, 1.165) is 37.3 Å². The summed E-state index contributed by atoms with van der Waals surface area (Å²) < 4.78 is 10.7. The van der Waals surface area contributed by atoms with Gasteiger partial charge in [-0.25, -0.2) is 0 Å². The third-order valence-electron chi connectivity index (χ3n) is 4.32. The third-order valence-corrected chi connectivity index (χ3v) is 4.32. The molecular weight excluding hydrogens is 298 g/mol. The van der Waals surface area contributed by atoms with Gasteiger partial charge in [-0.15, -0.1) is 0 Å². The highest BCUT2D eigenvalue weighted by atomic mass is 16.5. The zero-order valence-corrected chi connectivity index (χ0v) is 15.0. The number of aryl methyl sites for hydroxylation is 2. The molecule has 0 heterocycles. The summed E-state index contributed by atoms with van der Waals surface area (Å²) in [4.78, 5) is 0. The molecule has 0 saturated heterocycles. The van der Waals surface area contributed by atoms with Crippen LogP contribution in [0.25, 0.3) is 0 Å². The second-order valence-electron chi connectivity index (χ2n) is 6.16. The van der Waals surface area contributed by atoms with Gasteiger partial charge in [-0.1, -0.05) is 36.4 Å². The number of hydrogen-bond acceptors (Lipinski definition) is 3. The Morgan fingerprint density at radius 3 is 2.46 bits per heavy atom. The van der Waals surface area contributed by atoms with Crippen molar-refractivity contribution in [3.63, 3.8) is 0 Å². The molecule has 0 aliphatic rings. The van der Waals surface area contributed by atoms with E-state index in [1.807, 2.05) is 12.1 Å². The van der Waals surface area contributed by atoms with Crippen LogP contribution in [0.4, 0.5) is 0 Å². The van der Waals surface area contributed by atoms with Crippen molar-refractivity contribution in [2.45, 2.75) is 38.6 Å². The molecule has 0 fully saturated rings. The van der Waals surface area contributed by atoms with Crippen LogP contribution in [0.2, 0.25) is 0 Å². The van der Waals surface area contributed by atoms with E-state index in [4.69, 9.17) is 9.47 Å². The van der Waals surface area contributed by atoms with E-state index in [1.54, 1.807) is 14.2 Å². The van der Waals surface area contributed by atoms with Gasteiger partial charge >= 0.3 is 0 Å². The first-order chi connectivity index (χ1) is 11.7. The second kappa shape index (κ2) is 9.99. The summed E-state index contributed by atoms with van der Waals surface area (Å²) in [6.07, 6.45) is 4.39. The molecule has 130 valence electrons. The van der Waals surface area contributed by atoms with E-state index >= 15 is 0 Å². The number of benzene rings is 2. The molecule has 0 bridgehead atoms. The van der Waals surface area contributed by atoms with Crippen molar-refractivity contribution in [3.8, 4) is 11.5 Å². The third kappa shape index (κ3) is 5.89. The van der Waals surface area contributed by atoms with Crippen LogP contribution in [0.15, 0.2) is 48.5 Å². The van der Waals surface area contributed by atoms with E-state index in [-0.39, 0.29) is 0 Å². The van der Waals surface area contributed by atoms with Gasteiger partial charge < -0.3 is 14.8 Å². The highest BCUT2D eigenvalue weighted by Crippen LogP contribution is 2.25. The molecular formula is C21H29NO2. The van der Waals surface area contributed by atoms with Gasteiger partial charge in [0.1, 0.15) is 11.5 Å². The molecule has 1 atom stereocenters. The quantitative estimate of drug-likeness (QED) is 0.662. The van der Waals surface area contributed by atoms with Crippen LogP contribution in [0.5, 0.6) is 11.5 Å². The first-order valence-corrected chi connectivity index (χ1v) is 8.71. The molecule has 2 rings (SSSR count). The Bertz CT molecular complexity index is 598. The van der Waals surface area contributed by atoms with Gasteiger partial charge in [-0.05, 0) is 56.3 Å². The smallest absolute Gasteiger partial charge is 0.125 e. The molecule has 0 saturated carbocycles. The van der Waals surface area contributed by atoms with Crippen LogP contribution >= 0.6 is 0 Å². The maximum absolute atomic E-state index is 5.47. The van der Waals surface area contributed by atoms with Crippen molar-refractivity contribution in [3.05, 3.63) is 59.7 Å². The molecule has 2 aromatic rings. The van der Waals surface area contributed by atoms with E-state index in [9.17, 15) is 0 Å². The highest BCUT2D eigenvalue weighted by molar-refractivity contribution is 5.40. The zero-order chi connectivity index (χ0) is 17.2. The summed E-state index contributed by atoms with van der Waals surface area (Å²) in [6, 6.07) is 17.2. The maximum atomic E-state index is 5.47. The minimum absolute atomic E-state index is 0.493. The highest BCUT2D eigenvalue weighted by Gasteiger charge is 2.07. The predicted octanol–water partition coefficient (Wildman–Crippen LogP) is 4.25. The number of rotatable bonds is 10. The molecule has 24 heavy (non-hydrogen) atoms. The molecule has 0 aromatic heterocycles. The molecule has 0 radical (unpaired) electrons. The van der Waals surface area contributed by atoms with Gasteiger partial charge in [0.2, 0.25) is 0 Å². The Hall–Kier alpha value is -2.00. The van der Waals surface area contributed by atoms with Crippen LogP contribution in [-0.4, -0.2) is 26.8 Å². The fourth-order valence-electron chi connectivity index (χ4n) is 2.82. The van der Waals surface area contributed by atoms with E-state index in [0.29, 0.717) is 6.04 Å². The fourth-order valence-corrected chi connectivity index (χ4v) is 2.82. The van der Waals surface area contributed by atoms with Gasteiger partial charge in [-0.2, -0.15) is 0 Å². The van der Waals surface area contributed by atoms with Crippen molar-refractivity contribution in [2.24, 2.45) is 0 Å². The lowest BCUT2D eigenvalue weighted by Crippen LogP contribution is -2.27. The lowest BCUT2D eigenvalue weighted by atomic mass is 10.0. The standard InChI is InChI=1S/C21H29NO2/c1-17(22-15-7-10-18-8-5-4-6-9-18)11-12-19-13-14-20(23-2)16-21(19)24-3/h4-6,8-9,13-14,16-17,22H,7,10-12,15H2,1-3H3/t17-/m1/s1. The molecule has 0 spiro atoms. The minimum Gasteiger partial charge on any atom is -0.497 e. The molecule has 0 aliphatic heterocycles. The minimum atomic E-state index is 0.493. The largest absolute Gasteiger partial charge is 0.497 e. The lowest BCUT2D eigenvalue weighted by molar-refractivity contribution is 0.389. The first kappa shape index (κ1) is 18.3. The van der Waals surface area contributed by atoms with Crippen molar-refractivity contribution in [1.29, 1.82) is 0 Å². The van der Waals surface area contributed by atoms with Crippen molar-refractivity contribution in [1.82, 2.24) is 5.32 Å². The van der Waals surface area contributed by atoms with Crippen LogP contribution < -0.4 is 14.8 Å². The molecule has 1 N–H and O–H groups in total. The second-order valence-corrected chi connectivity index (χ2v) is 6.16. The molecule has 3 nitrogen and oxygen atoms in total. The van der Waals surface area contributed by atoms with E-state index in [2.05, 4.69) is 48.6 Å². The average Bonchev–Trinajstić information content (AvgIpc) is 2.64. The predicted molar refractivity (Wildman–Crippen MR) is 100 cm³/mol. The summed E-state index contributed by atoms with van der Waals surface area (Å²) in [5.74, 6) is 1.74. The van der Waals surface area contributed by atoms with Gasteiger partial charge in [0.25, 0.3) is 0 Å².